The van der Waals surface area contributed by atoms with Crippen molar-refractivity contribution in [3.05, 3.63) is 17.0 Å². The molecule has 0 aliphatic carbocycles. The average Bonchev–Trinajstić information content (AvgIpc) is 2.25. The molecule has 15 heavy (non-hydrogen) atoms. The van der Waals surface area contributed by atoms with Gasteiger partial charge in [-0.05, 0) is 6.26 Å². The Hall–Kier alpha value is -0.810. The largest absolute Gasteiger partial charge is 0.358 e. The molecule has 0 radical (unpaired) electrons. The van der Waals surface area contributed by atoms with Gasteiger partial charge in [0.2, 0.25) is 0 Å². The summed E-state index contributed by atoms with van der Waals surface area (Å²) in [5, 5.41) is 0.200. The number of halogens is 1. The fraction of sp³-hybridized carbons (Fsp3) is 0.444. The van der Waals surface area contributed by atoms with Crippen LogP contribution in [0.25, 0.3) is 0 Å². The van der Waals surface area contributed by atoms with Crippen LogP contribution in [0.1, 0.15) is 10.4 Å². The van der Waals surface area contributed by atoms with Crippen molar-refractivity contribution in [2.75, 3.05) is 30.5 Å². The van der Waals surface area contributed by atoms with Gasteiger partial charge in [0.15, 0.2) is 6.29 Å². The molecule has 0 bridgehead atoms. The van der Waals surface area contributed by atoms with E-state index in [1.807, 2.05) is 18.2 Å². The highest BCUT2D eigenvalue weighted by molar-refractivity contribution is 7.98. The standard InChI is InChI=1S/C9H12ClN3OS/c1-13(3-4-15-2)9-7(5-14)8(10)11-6-12-9/h5-6H,3-4H2,1-2H3. The lowest BCUT2D eigenvalue weighted by atomic mass is 10.3. The predicted molar refractivity (Wildman–Crippen MR) is 64.1 cm³/mol. The molecule has 1 aromatic heterocycles. The second-order valence-corrected chi connectivity index (χ2v) is 4.28. The van der Waals surface area contributed by atoms with Crippen LogP contribution >= 0.6 is 23.4 Å². The van der Waals surface area contributed by atoms with Crippen LogP contribution in [-0.4, -0.2) is 41.9 Å². The lowest BCUT2D eigenvalue weighted by molar-refractivity contribution is 0.112. The number of hydrogen-bond acceptors (Lipinski definition) is 5. The zero-order valence-corrected chi connectivity index (χ0v) is 10.2. The van der Waals surface area contributed by atoms with Crippen molar-refractivity contribution in [1.82, 2.24) is 9.97 Å². The minimum Gasteiger partial charge on any atom is -0.358 e. The molecule has 0 aliphatic heterocycles. The van der Waals surface area contributed by atoms with Crippen LogP contribution in [-0.2, 0) is 0 Å². The van der Waals surface area contributed by atoms with Crippen LogP contribution < -0.4 is 4.90 Å². The quantitative estimate of drug-likeness (QED) is 0.584. The molecule has 0 aromatic carbocycles. The molecular weight excluding hydrogens is 234 g/mol. The molecule has 0 spiro atoms. The minimum atomic E-state index is 0.200. The Kier molecular flexibility index (Phi) is 4.84. The molecule has 0 N–H and O–H groups in total. The van der Waals surface area contributed by atoms with E-state index in [9.17, 15) is 4.79 Å². The van der Waals surface area contributed by atoms with E-state index in [1.54, 1.807) is 11.8 Å². The zero-order valence-electron chi connectivity index (χ0n) is 8.61. The first-order valence-corrected chi connectivity index (χ1v) is 6.13. The van der Waals surface area contributed by atoms with Crippen LogP contribution in [0.15, 0.2) is 6.33 Å². The Balaban J connectivity index is 2.92. The number of thioether (sulfide) groups is 1. The van der Waals surface area contributed by atoms with Crippen molar-refractivity contribution in [3.8, 4) is 0 Å². The first-order chi connectivity index (χ1) is 7.20. The molecule has 0 amide bonds. The highest BCUT2D eigenvalue weighted by Gasteiger charge is 2.12. The molecule has 0 saturated carbocycles. The van der Waals surface area contributed by atoms with Crippen LogP contribution in [0.3, 0.4) is 0 Å². The Bertz CT molecular complexity index is 348. The number of carbonyl (C=O) groups is 1. The summed E-state index contributed by atoms with van der Waals surface area (Å²) < 4.78 is 0. The van der Waals surface area contributed by atoms with Crippen molar-refractivity contribution < 1.29 is 4.79 Å². The zero-order chi connectivity index (χ0) is 11.3. The van der Waals surface area contributed by atoms with Gasteiger partial charge in [0.25, 0.3) is 0 Å². The molecule has 82 valence electrons. The van der Waals surface area contributed by atoms with Crippen molar-refractivity contribution >= 4 is 35.5 Å². The molecular formula is C9H12ClN3OS. The predicted octanol–water partition coefficient (Wildman–Crippen LogP) is 1.74. The van der Waals surface area contributed by atoms with Crippen molar-refractivity contribution in [2.45, 2.75) is 0 Å². The van der Waals surface area contributed by atoms with E-state index in [0.717, 1.165) is 12.3 Å². The van der Waals surface area contributed by atoms with Gasteiger partial charge in [0, 0.05) is 19.3 Å². The molecule has 0 aliphatic rings. The fourth-order valence-electron chi connectivity index (χ4n) is 1.11. The van der Waals surface area contributed by atoms with Gasteiger partial charge >= 0.3 is 0 Å². The van der Waals surface area contributed by atoms with Crippen LogP contribution in [0, 0.1) is 0 Å². The number of anilines is 1. The van der Waals surface area contributed by atoms with E-state index in [4.69, 9.17) is 11.6 Å². The summed E-state index contributed by atoms with van der Waals surface area (Å²) in [4.78, 5) is 20.5. The molecule has 0 unspecified atom stereocenters. The normalized spacial score (nSPS) is 10.1. The van der Waals surface area contributed by atoms with Gasteiger partial charge in [-0.3, -0.25) is 4.79 Å². The highest BCUT2D eigenvalue weighted by Crippen LogP contribution is 2.20. The van der Waals surface area contributed by atoms with E-state index in [-0.39, 0.29) is 5.15 Å². The van der Waals surface area contributed by atoms with Crippen molar-refractivity contribution in [1.29, 1.82) is 0 Å². The first kappa shape index (κ1) is 12.3. The number of nitrogens with zero attached hydrogens (tertiary/aromatic N) is 3. The van der Waals surface area contributed by atoms with Gasteiger partial charge in [0.05, 0.1) is 5.56 Å². The molecule has 1 heterocycles. The number of carbonyl (C=O) groups excluding carboxylic acids is 1. The number of hydrogen-bond donors (Lipinski definition) is 0. The second-order valence-electron chi connectivity index (χ2n) is 2.93. The maximum Gasteiger partial charge on any atom is 0.156 e. The average molecular weight is 246 g/mol. The number of aldehydes is 1. The first-order valence-electron chi connectivity index (χ1n) is 4.36. The third-order valence-electron chi connectivity index (χ3n) is 1.92. The van der Waals surface area contributed by atoms with Crippen LogP contribution in [0.2, 0.25) is 5.15 Å². The maximum atomic E-state index is 10.8. The van der Waals surface area contributed by atoms with E-state index in [2.05, 4.69) is 9.97 Å². The second kappa shape index (κ2) is 5.92. The maximum absolute atomic E-state index is 10.8. The van der Waals surface area contributed by atoms with Gasteiger partial charge in [-0.2, -0.15) is 11.8 Å². The molecule has 4 nitrogen and oxygen atoms in total. The summed E-state index contributed by atoms with van der Waals surface area (Å²) in [6.07, 6.45) is 4.08. The minimum absolute atomic E-state index is 0.200. The summed E-state index contributed by atoms with van der Waals surface area (Å²) in [6, 6.07) is 0. The monoisotopic (exact) mass is 245 g/mol. The third-order valence-corrected chi connectivity index (χ3v) is 2.82. The SMILES string of the molecule is CSCCN(C)c1ncnc(Cl)c1C=O. The van der Waals surface area contributed by atoms with E-state index in [0.29, 0.717) is 17.7 Å². The third kappa shape index (κ3) is 3.07. The lowest BCUT2D eigenvalue weighted by Gasteiger charge is -2.18. The van der Waals surface area contributed by atoms with Crippen molar-refractivity contribution in [2.24, 2.45) is 0 Å². The Morgan fingerprint density at radius 2 is 2.33 bits per heavy atom. The molecule has 6 heteroatoms. The number of rotatable bonds is 5. The van der Waals surface area contributed by atoms with Gasteiger partial charge in [0.1, 0.15) is 17.3 Å². The summed E-state index contributed by atoms with van der Waals surface area (Å²) >= 11 is 7.53. The Morgan fingerprint density at radius 1 is 1.60 bits per heavy atom. The number of aromatic nitrogens is 2. The Morgan fingerprint density at radius 3 is 2.93 bits per heavy atom. The summed E-state index contributed by atoms with van der Waals surface area (Å²) in [7, 11) is 1.88. The smallest absolute Gasteiger partial charge is 0.156 e. The fourth-order valence-corrected chi connectivity index (χ4v) is 1.73. The highest BCUT2D eigenvalue weighted by atomic mass is 35.5. The lowest BCUT2D eigenvalue weighted by Crippen LogP contribution is -2.23. The van der Waals surface area contributed by atoms with Crippen LogP contribution in [0.4, 0.5) is 5.82 Å². The van der Waals surface area contributed by atoms with Gasteiger partial charge in [-0.1, -0.05) is 11.6 Å². The van der Waals surface area contributed by atoms with Gasteiger partial charge in [-0.15, -0.1) is 0 Å². The molecule has 0 fully saturated rings. The summed E-state index contributed by atoms with van der Waals surface area (Å²) in [6.45, 7) is 0.815. The van der Waals surface area contributed by atoms with Gasteiger partial charge < -0.3 is 4.90 Å². The van der Waals surface area contributed by atoms with Gasteiger partial charge in [-0.25, -0.2) is 9.97 Å². The van der Waals surface area contributed by atoms with E-state index >= 15 is 0 Å². The Labute approximate surface area is 98.0 Å². The summed E-state index contributed by atoms with van der Waals surface area (Å²) in [5.74, 6) is 1.55. The van der Waals surface area contributed by atoms with Crippen LogP contribution in [0.5, 0.6) is 0 Å². The summed E-state index contributed by atoms with van der Waals surface area (Å²) in [5.41, 5.74) is 0.350. The van der Waals surface area contributed by atoms with E-state index < -0.39 is 0 Å². The molecule has 0 atom stereocenters. The molecule has 0 saturated heterocycles. The van der Waals surface area contributed by atoms with Crippen molar-refractivity contribution in [3.63, 3.8) is 0 Å². The molecule has 1 rings (SSSR count). The topological polar surface area (TPSA) is 46.1 Å². The molecule has 1 aromatic rings. The van der Waals surface area contributed by atoms with E-state index in [1.165, 1.54) is 6.33 Å².